The van der Waals surface area contributed by atoms with Gasteiger partial charge in [0.2, 0.25) is 0 Å². The number of furan rings is 1. The molecule has 0 aliphatic carbocycles. The zero-order chi connectivity index (χ0) is 19.2. The van der Waals surface area contributed by atoms with E-state index in [0.29, 0.717) is 10.8 Å². The Balaban J connectivity index is 1.53. The third kappa shape index (κ3) is 4.73. The number of hydrogen-bond acceptors (Lipinski definition) is 7. The summed E-state index contributed by atoms with van der Waals surface area (Å²) >= 11 is 1.32. The van der Waals surface area contributed by atoms with Gasteiger partial charge in [0, 0.05) is 10.9 Å². The minimum absolute atomic E-state index is 0.165. The average molecular weight is 386 g/mol. The lowest BCUT2D eigenvalue weighted by Crippen LogP contribution is -2.31. The Morgan fingerprint density at radius 1 is 1.26 bits per heavy atom. The fourth-order valence-electron chi connectivity index (χ4n) is 2.33. The number of methoxy groups -OCH3 is 1. The molecule has 0 saturated heterocycles. The molecule has 27 heavy (non-hydrogen) atoms. The summed E-state index contributed by atoms with van der Waals surface area (Å²) in [5.41, 5.74) is 1.03. The highest BCUT2D eigenvalue weighted by molar-refractivity contribution is 7.13. The van der Waals surface area contributed by atoms with E-state index in [4.69, 9.17) is 13.9 Å². The van der Waals surface area contributed by atoms with E-state index in [1.165, 1.54) is 17.6 Å². The van der Waals surface area contributed by atoms with E-state index >= 15 is 0 Å². The van der Waals surface area contributed by atoms with Crippen LogP contribution in [0, 0.1) is 0 Å². The maximum Gasteiger partial charge on any atom is 0.358 e. The molecule has 1 atom stereocenters. The molecule has 1 aromatic carbocycles. The van der Waals surface area contributed by atoms with Gasteiger partial charge in [0.1, 0.15) is 16.5 Å². The van der Waals surface area contributed by atoms with Crippen molar-refractivity contribution in [3.8, 4) is 16.3 Å². The summed E-state index contributed by atoms with van der Waals surface area (Å²) in [5.74, 6) is 0.299. The Bertz CT molecular complexity index is 903. The molecule has 2 heterocycles. The monoisotopic (exact) mass is 386 g/mol. The lowest BCUT2D eigenvalue weighted by molar-refractivity contribution is -0.125. The quantitative estimate of drug-likeness (QED) is 0.626. The van der Waals surface area contributed by atoms with Crippen molar-refractivity contribution in [2.45, 2.75) is 13.0 Å². The second kappa shape index (κ2) is 8.50. The summed E-state index contributed by atoms with van der Waals surface area (Å²) in [6.07, 6.45) is 1.53. The number of carbonyl (C=O) groups is 2. The molecule has 0 aliphatic heterocycles. The van der Waals surface area contributed by atoms with Gasteiger partial charge < -0.3 is 19.2 Å². The molecule has 8 heteroatoms. The first-order chi connectivity index (χ1) is 13.1. The molecule has 0 radical (unpaired) electrons. The van der Waals surface area contributed by atoms with Crippen LogP contribution in [0.3, 0.4) is 0 Å². The Kier molecular flexibility index (Phi) is 5.87. The van der Waals surface area contributed by atoms with Crippen LogP contribution in [0.2, 0.25) is 0 Å². The third-order valence-electron chi connectivity index (χ3n) is 3.73. The van der Waals surface area contributed by atoms with Crippen molar-refractivity contribution in [3.05, 3.63) is 59.5 Å². The number of aromatic nitrogens is 1. The van der Waals surface area contributed by atoms with E-state index in [-0.39, 0.29) is 18.3 Å². The molecule has 0 bridgehead atoms. The van der Waals surface area contributed by atoms with Crippen LogP contribution in [-0.2, 0) is 9.53 Å². The van der Waals surface area contributed by atoms with E-state index in [9.17, 15) is 9.59 Å². The molecule has 7 nitrogen and oxygen atoms in total. The number of nitrogens with zero attached hydrogens (tertiary/aromatic N) is 1. The molecule has 2 aromatic heterocycles. The maximum atomic E-state index is 12.1. The SMILES string of the molecule is COc1ccc(-c2nc(C(=O)OCC(=O)N[C@H](C)c3ccco3)cs2)cc1. The van der Waals surface area contributed by atoms with Crippen molar-refractivity contribution in [3.63, 3.8) is 0 Å². The number of nitrogens with one attached hydrogen (secondary N) is 1. The number of rotatable bonds is 7. The van der Waals surface area contributed by atoms with Crippen LogP contribution in [0.4, 0.5) is 0 Å². The van der Waals surface area contributed by atoms with Crippen LogP contribution >= 0.6 is 11.3 Å². The van der Waals surface area contributed by atoms with Gasteiger partial charge in [-0.3, -0.25) is 4.79 Å². The zero-order valence-electron chi connectivity index (χ0n) is 14.8. The van der Waals surface area contributed by atoms with Gasteiger partial charge in [0.15, 0.2) is 12.3 Å². The first kappa shape index (κ1) is 18.7. The predicted octanol–water partition coefficient (Wildman–Crippen LogP) is 3.45. The van der Waals surface area contributed by atoms with Crippen LogP contribution < -0.4 is 10.1 Å². The number of thiazole rings is 1. The van der Waals surface area contributed by atoms with Crippen molar-refractivity contribution in [1.29, 1.82) is 0 Å². The third-order valence-corrected chi connectivity index (χ3v) is 4.62. The Morgan fingerprint density at radius 3 is 2.70 bits per heavy atom. The summed E-state index contributed by atoms with van der Waals surface area (Å²) in [7, 11) is 1.60. The molecule has 0 fully saturated rings. The van der Waals surface area contributed by atoms with E-state index < -0.39 is 11.9 Å². The maximum absolute atomic E-state index is 12.1. The normalized spacial score (nSPS) is 11.6. The fourth-order valence-corrected chi connectivity index (χ4v) is 3.13. The van der Waals surface area contributed by atoms with Crippen molar-refractivity contribution in [2.24, 2.45) is 0 Å². The molecule has 0 spiro atoms. The molecule has 1 N–H and O–H groups in total. The number of carbonyl (C=O) groups excluding carboxylic acids is 2. The molecule has 3 aromatic rings. The minimum Gasteiger partial charge on any atom is -0.497 e. The summed E-state index contributed by atoms with van der Waals surface area (Å²) in [5, 5.41) is 4.97. The summed E-state index contributed by atoms with van der Waals surface area (Å²) in [6, 6.07) is 10.5. The highest BCUT2D eigenvalue weighted by atomic mass is 32.1. The zero-order valence-corrected chi connectivity index (χ0v) is 15.6. The first-order valence-electron chi connectivity index (χ1n) is 8.16. The van der Waals surface area contributed by atoms with Gasteiger partial charge >= 0.3 is 5.97 Å². The lowest BCUT2D eigenvalue weighted by atomic mass is 10.2. The highest BCUT2D eigenvalue weighted by Crippen LogP contribution is 2.26. The van der Waals surface area contributed by atoms with E-state index in [2.05, 4.69) is 10.3 Å². The smallest absolute Gasteiger partial charge is 0.358 e. The second-order valence-electron chi connectivity index (χ2n) is 5.65. The lowest BCUT2D eigenvalue weighted by Gasteiger charge is -2.11. The molecular weight excluding hydrogens is 368 g/mol. The molecule has 140 valence electrons. The van der Waals surface area contributed by atoms with Gasteiger partial charge in [0.25, 0.3) is 5.91 Å². The van der Waals surface area contributed by atoms with Gasteiger partial charge in [-0.15, -0.1) is 11.3 Å². The van der Waals surface area contributed by atoms with Crippen LogP contribution in [0.5, 0.6) is 5.75 Å². The molecule has 3 rings (SSSR count). The van der Waals surface area contributed by atoms with Crippen LogP contribution in [0.1, 0.15) is 29.2 Å². The van der Waals surface area contributed by atoms with Gasteiger partial charge in [0.05, 0.1) is 19.4 Å². The van der Waals surface area contributed by atoms with Crippen molar-refractivity contribution < 1.29 is 23.5 Å². The number of ether oxygens (including phenoxy) is 2. The van der Waals surface area contributed by atoms with E-state index in [1.807, 2.05) is 24.3 Å². The van der Waals surface area contributed by atoms with Crippen molar-refractivity contribution in [1.82, 2.24) is 10.3 Å². The summed E-state index contributed by atoms with van der Waals surface area (Å²) in [4.78, 5) is 28.3. The number of esters is 1. The fraction of sp³-hybridized carbons (Fsp3) is 0.211. The Labute approximate surface area is 159 Å². The van der Waals surface area contributed by atoms with Crippen molar-refractivity contribution >= 4 is 23.2 Å². The number of benzene rings is 1. The van der Waals surface area contributed by atoms with E-state index in [1.54, 1.807) is 31.5 Å². The average Bonchev–Trinajstić information content (AvgIpc) is 3.38. The summed E-state index contributed by atoms with van der Waals surface area (Å²) < 4.78 is 15.4. The topological polar surface area (TPSA) is 90.7 Å². The number of hydrogen-bond donors (Lipinski definition) is 1. The van der Waals surface area contributed by atoms with Crippen molar-refractivity contribution in [2.75, 3.05) is 13.7 Å². The molecule has 0 aliphatic rings. The minimum atomic E-state index is -0.646. The predicted molar refractivity (Wildman–Crippen MR) is 99.7 cm³/mol. The van der Waals surface area contributed by atoms with Crippen LogP contribution in [0.15, 0.2) is 52.5 Å². The van der Waals surface area contributed by atoms with Gasteiger partial charge in [-0.1, -0.05) is 0 Å². The summed E-state index contributed by atoms with van der Waals surface area (Å²) in [6.45, 7) is 1.39. The standard InChI is InChI=1S/C19H18N2O5S/c1-12(16-4-3-9-25-16)20-17(22)10-26-19(23)15-11-27-18(21-15)13-5-7-14(24-2)8-6-13/h3-9,11-12H,10H2,1-2H3,(H,20,22)/t12-/m1/s1. The molecular formula is C19H18N2O5S. The van der Waals surface area contributed by atoms with Crippen LogP contribution in [0.25, 0.3) is 10.6 Å². The van der Waals surface area contributed by atoms with Gasteiger partial charge in [-0.25, -0.2) is 9.78 Å². The second-order valence-corrected chi connectivity index (χ2v) is 6.51. The Hall–Kier alpha value is -3.13. The van der Waals surface area contributed by atoms with Gasteiger partial charge in [-0.05, 0) is 43.3 Å². The first-order valence-corrected chi connectivity index (χ1v) is 9.04. The largest absolute Gasteiger partial charge is 0.497 e. The van der Waals surface area contributed by atoms with Crippen LogP contribution in [-0.4, -0.2) is 30.6 Å². The Morgan fingerprint density at radius 2 is 2.04 bits per heavy atom. The van der Waals surface area contributed by atoms with Gasteiger partial charge in [-0.2, -0.15) is 0 Å². The van der Waals surface area contributed by atoms with E-state index in [0.717, 1.165) is 11.3 Å². The molecule has 0 unspecified atom stereocenters. The molecule has 1 amide bonds. The number of amides is 1. The molecule has 0 saturated carbocycles. The highest BCUT2D eigenvalue weighted by Gasteiger charge is 2.17.